The van der Waals surface area contributed by atoms with Crippen LogP contribution in [-0.2, 0) is 0 Å². The molecule has 0 aliphatic heterocycles. The Morgan fingerprint density at radius 2 is 1.67 bits per heavy atom. The van der Waals surface area contributed by atoms with Crippen LogP contribution >= 0.6 is 16.3 Å². The minimum absolute atomic E-state index is 0.0213. The van der Waals surface area contributed by atoms with E-state index in [0.29, 0.717) is 0 Å². The van der Waals surface area contributed by atoms with Crippen LogP contribution in [0.2, 0.25) is 0 Å². The fourth-order valence-electron chi connectivity index (χ4n) is 0.701. The average Bonchev–Trinajstić information content (AvgIpc) is 1.84. The summed E-state index contributed by atoms with van der Waals surface area (Å²) in [6.45, 7) is -0.195. The maximum Gasteiger partial charge on any atom is 0.416 e. The summed E-state index contributed by atoms with van der Waals surface area (Å²) < 4.78 is 0. The first-order valence-corrected chi connectivity index (χ1v) is 6.27. The van der Waals surface area contributed by atoms with Gasteiger partial charge in [0.15, 0.2) is 0 Å². The first kappa shape index (κ1) is 12.6. The van der Waals surface area contributed by atoms with E-state index in [0.717, 1.165) is 0 Å². The molecule has 6 N–H and O–H groups in total. The van der Waals surface area contributed by atoms with Crippen molar-refractivity contribution < 1.29 is 29.6 Å². The van der Waals surface area contributed by atoms with Gasteiger partial charge < -0.3 is 14.9 Å². The molecule has 0 bridgehead atoms. The Labute approximate surface area is 71.6 Å². The molecule has 0 aromatic rings. The van der Waals surface area contributed by atoms with Crippen LogP contribution in [0.25, 0.3) is 0 Å². The lowest BCUT2D eigenvalue weighted by Crippen LogP contribution is -2.11. The van der Waals surface area contributed by atoms with Gasteiger partial charge in [-0.05, 0) is 6.42 Å². The fourth-order valence-corrected chi connectivity index (χ4v) is 2.75. The van der Waals surface area contributed by atoms with Gasteiger partial charge in [0.2, 0.25) is 13.8 Å². The molecule has 0 aliphatic rings. The third kappa shape index (κ3) is 4.60. The number of aliphatic hydroxyl groups is 1. The second kappa shape index (κ2) is 5.37. The highest BCUT2D eigenvalue weighted by molar-refractivity contribution is 7.72. The second-order valence-electron chi connectivity index (χ2n) is 2.28. The highest BCUT2D eigenvalue weighted by atomic mass is 31.3. The Balaban J connectivity index is 4.05. The molecule has 0 saturated heterocycles. The number of hydrogen-bond acceptors (Lipinski definition) is 6. The van der Waals surface area contributed by atoms with Crippen molar-refractivity contribution in [2.75, 3.05) is 6.61 Å². The maximum atomic E-state index is 8.71. The van der Waals surface area contributed by atoms with Crippen LogP contribution in [0.1, 0.15) is 12.8 Å². The SMILES string of the molecule is OCCCC(P(O)O)[P+](O)(O)O. The van der Waals surface area contributed by atoms with Crippen molar-refractivity contribution in [2.45, 2.75) is 18.2 Å². The van der Waals surface area contributed by atoms with Crippen LogP contribution in [0, 0.1) is 0 Å². The molecule has 0 aliphatic carbocycles. The highest BCUT2D eigenvalue weighted by Crippen LogP contribution is 2.62. The molecule has 0 heterocycles. The van der Waals surface area contributed by atoms with Gasteiger partial charge in [-0.15, -0.1) is 0 Å². The molecule has 0 aromatic carbocycles. The zero-order valence-electron chi connectivity index (χ0n) is 6.28. The number of rotatable bonds is 5. The molecule has 0 amide bonds. The molecule has 0 aromatic heterocycles. The largest absolute Gasteiger partial charge is 0.416 e. The van der Waals surface area contributed by atoms with E-state index in [9.17, 15) is 0 Å². The summed E-state index contributed by atoms with van der Waals surface area (Å²) in [6, 6.07) is 0. The fraction of sp³-hybridized carbons (Fsp3) is 1.00. The topological polar surface area (TPSA) is 121 Å². The van der Waals surface area contributed by atoms with E-state index in [1.54, 1.807) is 0 Å². The summed E-state index contributed by atoms with van der Waals surface area (Å²) in [5.74, 6) is 0. The Bertz CT molecular complexity index is 123. The van der Waals surface area contributed by atoms with Crippen LogP contribution < -0.4 is 0 Å². The van der Waals surface area contributed by atoms with E-state index in [-0.39, 0.29) is 19.4 Å². The normalized spacial score (nSPS) is 15.2. The molecule has 6 nitrogen and oxygen atoms in total. The van der Waals surface area contributed by atoms with Crippen LogP contribution in [0.5, 0.6) is 0 Å². The lowest BCUT2D eigenvalue weighted by molar-refractivity contribution is 0.277. The van der Waals surface area contributed by atoms with Gasteiger partial charge in [-0.25, -0.2) is 0 Å². The van der Waals surface area contributed by atoms with Gasteiger partial charge in [0, 0.05) is 13.0 Å². The van der Waals surface area contributed by atoms with Crippen molar-refractivity contribution in [3.05, 3.63) is 0 Å². The zero-order valence-corrected chi connectivity index (χ0v) is 8.07. The zero-order chi connectivity index (χ0) is 9.78. The molecular formula is C4H13O6P2+. The summed E-state index contributed by atoms with van der Waals surface area (Å²) in [5.41, 5.74) is 0. The van der Waals surface area contributed by atoms with Crippen LogP contribution in [0.15, 0.2) is 0 Å². The van der Waals surface area contributed by atoms with Crippen molar-refractivity contribution >= 4 is 16.3 Å². The third-order valence-corrected chi connectivity index (χ3v) is 4.69. The number of aliphatic hydroxyl groups excluding tert-OH is 1. The predicted octanol–water partition coefficient (Wildman–Crippen LogP) is -0.879. The van der Waals surface area contributed by atoms with Crippen molar-refractivity contribution in [2.24, 2.45) is 0 Å². The lowest BCUT2D eigenvalue weighted by atomic mass is 10.4. The minimum Gasteiger partial charge on any atom is -0.396 e. The van der Waals surface area contributed by atoms with Gasteiger partial charge >= 0.3 is 7.94 Å². The molecule has 74 valence electrons. The summed E-state index contributed by atoms with van der Waals surface area (Å²) in [7, 11) is -6.77. The maximum absolute atomic E-state index is 8.71. The van der Waals surface area contributed by atoms with E-state index < -0.39 is 21.7 Å². The van der Waals surface area contributed by atoms with E-state index >= 15 is 0 Å². The van der Waals surface area contributed by atoms with Gasteiger partial charge in [-0.3, -0.25) is 0 Å². The quantitative estimate of drug-likeness (QED) is 0.334. The van der Waals surface area contributed by atoms with Crippen LogP contribution in [-0.4, -0.2) is 41.6 Å². The molecule has 1 atom stereocenters. The van der Waals surface area contributed by atoms with Crippen molar-refractivity contribution in [1.29, 1.82) is 0 Å². The monoisotopic (exact) mass is 219 g/mol. The van der Waals surface area contributed by atoms with Gasteiger partial charge in [-0.2, -0.15) is 14.7 Å². The van der Waals surface area contributed by atoms with Gasteiger partial charge in [0.1, 0.15) is 0 Å². The minimum atomic E-state index is -4.19. The first-order valence-electron chi connectivity index (χ1n) is 3.24. The van der Waals surface area contributed by atoms with Gasteiger partial charge in [0.05, 0.1) is 0 Å². The van der Waals surface area contributed by atoms with Crippen molar-refractivity contribution in [1.82, 2.24) is 0 Å². The Morgan fingerprint density at radius 1 is 1.17 bits per heavy atom. The Morgan fingerprint density at radius 3 is 1.92 bits per heavy atom. The highest BCUT2D eigenvalue weighted by Gasteiger charge is 2.47. The number of hydrogen-bond donors (Lipinski definition) is 6. The van der Waals surface area contributed by atoms with Crippen molar-refractivity contribution in [3.63, 3.8) is 0 Å². The molecule has 0 spiro atoms. The summed E-state index contributed by atoms with van der Waals surface area (Å²) in [4.78, 5) is 43.5. The van der Waals surface area contributed by atoms with Gasteiger partial charge in [0.25, 0.3) is 0 Å². The summed E-state index contributed by atoms with van der Waals surface area (Å²) in [6.07, 6.45) is 0.167. The summed E-state index contributed by atoms with van der Waals surface area (Å²) >= 11 is 0. The smallest absolute Gasteiger partial charge is 0.396 e. The van der Waals surface area contributed by atoms with E-state index in [1.807, 2.05) is 0 Å². The van der Waals surface area contributed by atoms with Crippen LogP contribution in [0.4, 0.5) is 0 Å². The van der Waals surface area contributed by atoms with E-state index in [1.165, 1.54) is 0 Å². The second-order valence-corrected chi connectivity index (χ2v) is 5.81. The first-order chi connectivity index (χ1) is 5.39. The molecule has 12 heavy (non-hydrogen) atoms. The molecule has 0 saturated carbocycles. The Hall–Kier alpha value is 0.620. The molecule has 0 rings (SSSR count). The van der Waals surface area contributed by atoms with Crippen LogP contribution in [0.3, 0.4) is 0 Å². The predicted molar refractivity (Wildman–Crippen MR) is 45.0 cm³/mol. The van der Waals surface area contributed by atoms with E-state index in [2.05, 4.69) is 0 Å². The molecule has 8 heteroatoms. The Kier molecular flexibility index (Phi) is 5.65. The molecule has 0 radical (unpaired) electrons. The summed E-state index contributed by atoms with van der Waals surface area (Å²) in [5, 5.41) is 7.05. The van der Waals surface area contributed by atoms with Crippen molar-refractivity contribution in [3.8, 4) is 0 Å². The van der Waals surface area contributed by atoms with Gasteiger partial charge in [-0.1, -0.05) is 0 Å². The lowest BCUT2D eigenvalue weighted by Gasteiger charge is -2.16. The third-order valence-electron chi connectivity index (χ3n) is 1.29. The molecule has 0 fully saturated rings. The average molecular weight is 219 g/mol. The molecule has 1 unspecified atom stereocenters. The van der Waals surface area contributed by atoms with E-state index in [4.69, 9.17) is 29.6 Å². The standard InChI is InChI=1S/C4H13O6P2/c5-3-1-2-4(11(6)7)12(8,9)10/h4-10H,1-3H2/q+1. The molecular weight excluding hydrogens is 206 g/mol.